The Morgan fingerprint density at radius 2 is 0.714 bits per heavy atom. The Bertz CT molecular complexity index is 275. The molecule has 0 aromatic carbocycles. The minimum absolute atomic E-state index is 0.375. The molecule has 0 saturated carbocycles. The molecule has 0 bridgehead atoms. The van der Waals surface area contributed by atoms with Crippen LogP contribution in [-0.4, -0.2) is 23.5 Å². The Kier molecular flexibility index (Phi) is 20.2. The Balaban J connectivity index is 3.79. The van der Waals surface area contributed by atoms with Crippen LogP contribution in [0.2, 0.25) is 0 Å². The highest BCUT2D eigenvalue weighted by molar-refractivity contribution is 4.80. The zero-order valence-electron chi connectivity index (χ0n) is 20.8. The van der Waals surface area contributed by atoms with Crippen molar-refractivity contribution in [3.05, 3.63) is 0 Å². The van der Waals surface area contributed by atoms with Crippen LogP contribution >= 0.6 is 0 Å². The van der Waals surface area contributed by atoms with Crippen molar-refractivity contribution >= 4 is 0 Å². The van der Waals surface area contributed by atoms with Gasteiger partial charge >= 0.3 is 0 Å². The molecule has 0 unspecified atom stereocenters. The van der Waals surface area contributed by atoms with Crippen molar-refractivity contribution in [2.75, 3.05) is 13.1 Å². The third kappa shape index (κ3) is 16.9. The first-order valence-electron chi connectivity index (χ1n) is 13.3. The van der Waals surface area contributed by atoms with Crippen molar-refractivity contribution in [3.63, 3.8) is 0 Å². The molecule has 0 amide bonds. The first-order chi connectivity index (χ1) is 13.6. The Morgan fingerprint density at radius 1 is 0.429 bits per heavy atom. The topological polar surface area (TPSA) is 3.24 Å². The van der Waals surface area contributed by atoms with E-state index in [-0.39, 0.29) is 0 Å². The van der Waals surface area contributed by atoms with Crippen LogP contribution in [0, 0.1) is 0 Å². The third-order valence-corrected chi connectivity index (χ3v) is 6.78. The summed E-state index contributed by atoms with van der Waals surface area (Å²) in [5.74, 6) is 0. The average Bonchev–Trinajstić information content (AvgIpc) is 2.69. The summed E-state index contributed by atoms with van der Waals surface area (Å²) in [5, 5.41) is 0. The minimum Gasteiger partial charge on any atom is -0.298 e. The van der Waals surface area contributed by atoms with Gasteiger partial charge in [0.1, 0.15) is 0 Å². The molecule has 0 heterocycles. The molecule has 28 heavy (non-hydrogen) atoms. The summed E-state index contributed by atoms with van der Waals surface area (Å²) < 4.78 is 0. The normalized spacial score (nSPS) is 12.2. The van der Waals surface area contributed by atoms with Crippen molar-refractivity contribution in [2.45, 2.75) is 162 Å². The van der Waals surface area contributed by atoms with E-state index in [0.29, 0.717) is 5.54 Å². The smallest absolute Gasteiger partial charge is 0.0150 e. The summed E-state index contributed by atoms with van der Waals surface area (Å²) in [4.78, 5) is 2.80. The van der Waals surface area contributed by atoms with Gasteiger partial charge < -0.3 is 0 Å². The fraction of sp³-hybridized carbons (Fsp3) is 1.00. The van der Waals surface area contributed by atoms with E-state index in [1.165, 1.54) is 135 Å². The largest absolute Gasteiger partial charge is 0.298 e. The highest BCUT2D eigenvalue weighted by Crippen LogP contribution is 2.21. The van der Waals surface area contributed by atoms with Gasteiger partial charge in [0.2, 0.25) is 0 Å². The molecule has 0 radical (unpaired) electrons. The van der Waals surface area contributed by atoms with Crippen LogP contribution in [0.3, 0.4) is 0 Å². The predicted octanol–water partition coefficient (Wildman–Crippen LogP) is 9.54. The van der Waals surface area contributed by atoms with Gasteiger partial charge in [0, 0.05) is 5.54 Å². The van der Waals surface area contributed by atoms with Crippen LogP contribution < -0.4 is 0 Å². The van der Waals surface area contributed by atoms with Crippen LogP contribution in [0.15, 0.2) is 0 Å². The van der Waals surface area contributed by atoms with E-state index in [2.05, 4.69) is 39.5 Å². The first-order valence-corrected chi connectivity index (χ1v) is 13.3. The van der Waals surface area contributed by atoms with Gasteiger partial charge in [-0.15, -0.1) is 0 Å². The molecule has 0 aromatic rings. The molecule has 0 spiro atoms. The van der Waals surface area contributed by atoms with Gasteiger partial charge in [0.15, 0.2) is 0 Å². The van der Waals surface area contributed by atoms with Crippen molar-refractivity contribution < 1.29 is 0 Å². The van der Waals surface area contributed by atoms with E-state index in [0.717, 1.165) is 0 Å². The molecule has 1 nitrogen and oxygen atoms in total. The Hall–Kier alpha value is -0.0400. The number of hydrogen-bond acceptors (Lipinski definition) is 1. The molecule has 0 N–H and O–H groups in total. The number of hydrogen-bond donors (Lipinski definition) is 0. The molecule has 170 valence electrons. The Labute approximate surface area is 180 Å². The molecular formula is C27H57N. The molecule has 0 aliphatic carbocycles. The van der Waals surface area contributed by atoms with Gasteiger partial charge in [-0.1, -0.05) is 124 Å². The summed E-state index contributed by atoms with van der Waals surface area (Å²) in [6, 6.07) is 0. The second-order valence-electron chi connectivity index (χ2n) is 9.81. The molecule has 0 aliphatic rings. The molecule has 0 rings (SSSR count). The lowest BCUT2D eigenvalue weighted by molar-refractivity contribution is 0.110. The minimum atomic E-state index is 0.375. The maximum atomic E-state index is 2.80. The molecule has 0 fully saturated rings. The average molecular weight is 396 g/mol. The van der Waals surface area contributed by atoms with E-state index < -0.39 is 0 Å². The van der Waals surface area contributed by atoms with E-state index in [1.54, 1.807) is 0 Å². The lowest BCUT2D eigenvalue weighted by Crippen LogP contribution is -2.44. The fourth-order valence-corrected chi connectivity index (χ4v) is 4.17. The Morgan fingerprint density at radius 3 is 1.00 bits per heavy atom. The molecule has 0 atom stereocenters. The van der Waals surface area contributed by atoms with Gasteiger partial charge in [-0.05, 0) is 46.2 Å². The highest BCUT2D eigenvalue weighted by atomic mass is 15.2. The predicted molar refractivity (Wildman–Crippen MR) is 130 cm³/mol. The molecular weight excluding hydrogens is 338 g/mol. The SMILES string of the molecule is CCCCCCCCCCCN(CCCCCCCCCCC)C(C)(C)CC. The van der Waals surface area contributed by atoms with Crippen molar-refractivity contribution in [2.24, 2.45) is 0 Å². The zero-order valence-corrected chi connectivity index (χ0v) is 20.8. The summed E-state index contributed by atoms with van der Waals surface area (Å²) in [6.45, 7) is 14.5. The number of unbranched alkanes of at least 4 members (excludes halogenated alkanes) is 16. The second kappa shape index (κ2) is 20.2. The van der Waals surface area contributed by atoms with E-state index in [4.69, 9.17) is 0 Å². The summed E-state index contributed by atoms with van der Waals surface area (Å²) in [6.07, 6.45) is 27.1. The first kappa shape index (κ1) is 28.0. The van der Waals surface area contributed by atoms with Crippen LogP contribution in [0.4, 0.5) is 0 Å². The fourth-order valence-electron chi connectivity index (χ4n) is 4.17. The third-order valence-electron chi connectivity index (χ3n) is 6.78. The summed E-state index contributed by atoms with van der Waals surface area (Å²) in [7, 11) is 0. The second-order valence-corrected chi connectivity index (χ2v) is 9.81. The van der Waals surface area contributed by atoms with Crippen molar-refractivity contribution in [1.29, 1.82) is 0 Å². The lowest BCUT2D eigenvalue weighted by Gasteiger charge is -2.38. The van der Waals surface area contributed by atoms with Crippen molar-refractivity contribution in [1.82, 2.24) is 4.90 Å². The van der Waals surface area contributed by atoms with Gasteiger partial charge in [-0.25, -0.2) is 0 Å². The van der Waals surface area contributed by atoms with Crippen molar-refractivity contribution in [3.8, 4) is 0 Å². The summed E-state index contributed by atoms with van der Waals surface area (Å²) >= 11 is 0. The van der Waals surface area contributed by atoms with Crippen LogP contribution in [0.1, 0.15) is 157 Å². The lowest BCUT2D eigenvalue weighted by atomic mass is 9.97. The maximum Gasteiger partial charge on any atom is 0.0150 e. The molecule has 0 aliphatic heterocycles. The quantitative estimate of drug-likeness (QED) is 0.165. The van der Waals surface area contributed by atoms with E-state index >= 15 is 0 Å². The van der Waals surface area contributed by atoms with Gasteiger partial charge in [0.05, 0.1) is 0 Å². The van der Waals surface area contributed by atoms with E-state index in [9.17, 15) is 0 Å². The van der Waals surface area contributed by atoms with Gasteiger partial charge in [-0.2, -0.15) is 0 Å². The van der Waals surface area contributed by atoms with Gasteiger partial charge in [0.25, 0.3) is 0 Å². The molecule has 0 saturated heterocycles. The highest BCUT2D eigenvalue weighted by Gasteiger charge is 2.23. The van der Waals surface area contributed by atoms with Gasteiger partial charge in [-0.3, -0.25) is 4.90 Å². The van der Waals surface area contributed by atoms with Crippen LogP contribution in [-0.2, 0) is 0 Å². The summed E-state index contributed by atoms with van der Waals surface area (Å²) in [5.41, 5.74) is 0.375. The molecule has 0 aromatic heterocycles. The van der Waals surface area contributed by atoms with Crippen LogP contribution in [0.25, 0.3) is 0 Å². The maximum absolute atomic E-state index is 2.80. The molecule has 1 heteroatoms. The zero-order chi connectivity index (χ0) is 20.9. The monoisotopic (exact) mass is 395 g/mol. The van der Waals surface area contributed by atoms with E-state index in [1.807, 2.05) is 0 Å². The number of nitrogens with zero attached hydrogens (tertiary/aromatic N) is 1. The standard InChI is InChI=1S/C27H57N/c1-6-9-11-13-15-17-19-21-23-25-28(27(4,5)8-3)26-24-22-20-18-16-14-12-10-7-2/h6-26H2,1-5H3. The van der Waals surface area contributed by atoms with Crippen LogP contribution in [0.5, 0.6) is 0 Å². The number of rotatable bonds is 22.